The summed E-state index contributed by atoms with van der Waals surface area (Å²) in [5.74, 6) is 1.14. The lowest BCUT2D eigenvalue weighted by Crippen LogP contribution is -2.62. The Labute approximate surface area is 121 Å². The lowest BCUT2D eigenvalue weighted by molar-refractivity contribution is -0.157. The topological polar surface area (TPSA) is 32.8 Å². The van der Waals surface area contributed by atoms with Gasteiger partial charge in [0, 0.05) is 18.5 Å². The number of likely N-dealkylation sites (tertiary alicyclic amines) is 1. The number of amides is 1. The highest BCUT2D eigenvalue weighted by atomic mass is 16.5. The number of carbonyl (C=O) groups excluding carboxylic acids is 1. The van der Waals surface area contributed by atoms with Crippen LogP contribution in [-0.2, 0) is 11.3 Å². The largest absolute Gasteiger partial charge is 0.494 e. The molecule has 0 N–H and O–H groups in total. The lowest BCUT2D eigenvalue weighted by Gasteiger charge is -2.49. The first-order valence-electron chi connectivity index (χ1n) is 7.13. The molecule has 4 nitrogen and oxygen atoms in total. The van der Waals surface area contributed by atoms with Crippen molar-refractivity contribution >= 4 is 5.91 Å². The molecule has 0 aromatic heterocycles. The molecule has 0 spiro atoms. The molecule has 2 rings (SSSR count). The van der Waals surface area contributed by atoms with Gasteiger partial charge in [0.15, 0.2) is 0 Å². The summed E-state index contributed by atoms with van der Waals surface area (Å²) in [5, 5.41) is 0. The van der Waals surface area contributed by atoms with Crippen LogP contribution in [0.3, 0.4) is 0 Å². The Hall–Kier alpha value is -1.55. The van der Waals surface area contributed by atoms with Gasteiger partial charge in [-0.05, 0) is 45.5 Å². The zero-order valence-electron chi connectivity index (χ0n) is 12.8. The van der Waals surface area contributed by atoms with Crippen LogP contribution in [0.2, 0.25) is 0 Å². The molecule has 1 aliphatic rings. The molecule has 1 heterocycles. The van der Waals surface area contributed by atoms with Crippen molar-refractivity contribution < 1.29 is 9.53 Å². The third-order valence-electron chi connectivity index (χ3n) is 3.69. The maximum Gasteiger partial charge on any atom is 0.226 e. The number of β-lactam (4-membered cyclic amide) rings is 1. The van der Waals surface area contributed by atoms with E-state index in [0.29, 0.717) is 19.7 Å². The first kappa shape index (κ1) is 14.9. The minimum absolute atomic E-state index is 0.00413. The predicted molar refractivity (Wildman–Crippen MR) is 79.5 cm³/mol. The number of nitrogens with zero attached hydrogens (tertiary/aromatic N) is 2. The first-order valence-corrected chi connectivity index (χ1v) is 7.13. The van der Waals surface area contributed by atoms with E-state index in [2.05, 4.69) is 30.9 Å². The van der Waals surface area contributed by atoms with Crippen molar-refractivity contribution in [2.45, 2.75) is 39.3 Å². The van der Waals surface area contributed by atoms with Crippen LogP contribution in [-0.4, -0.2) is 41.6 Å². The number of hydrogen-bond donors (Lipinski definition) is 0. The quantitative estimate of drug-likeness (QED) is 0.748. The van der Waals surface area contributed by atoms with Crippen molar-refractivity contribution in [2.24, 2.45) is 0 Å². The molecule has 0 unspecified atom stereocenters. The van der Waals surface area contributed by atoms with Crippen molar-refractivity contribution in [1.82, 2.24) is 9.80 Å². The van der Waals surface area contributed by atoms with Gasteiger partial charge < -0.3 is 9.64 Å². The smallest absolute Gasteiger partial charge is 0.226 e. The van der Waals surface area contributed by atoms with Crippen LogP contribution in [0.15, 0.2) is 24.3 Å². The Morgan fingerprint density at radius 3 is 2.45 bits per heavy atom. The fourth-order valence-electron chi connectivity index (χ4n) is 2.54. The van der Waals surface area contributed by atoms with Crippen LogP contribution in [0, 0.1) is 0 Å². The first-order chi connectivity index (χ1) is 9.42. The van der Waals surface area contributed by atoms with E-state index in [-0.39, 0.29) is 11.4 Å². The zero-order valence-corrected chi connectivity index (χ0v) is 12.8. The summed E-state index contributed by atoms with van der Waals surface area (Å²) in [7, 11) is 2.04. The van der Waals surface area contributed by atoms with Gasteiger partial charge in [-0.3, -0.25) is 9.69 Å². The average molecular weight is 276 g/mol. The Bertz CT molecular complexity index is 468. The van der Waals surface area contributed by atoms with Crippen LogP contribution in [0.5, 0.6) is 5.75 Å². The van der Waals surface area contributed by atoms with Gasteiger partial charge in [0.25, 0.3) is 0 Å². The highest BCUT2D eigenvalue weighted by Gasteiger charge is 2.43. The van der Waals surface area contributed by atoms with Gasteiger partial charge in [-0.25, -0.2) is 0 Å². The molecule has 20 heavy (non-hydrogen) atoms. The molecule has 0 saturated carbocycles. The molecule has 0 bridgehead atoms. The van der Waals surface area contributed by atoms with Gasteiger partial charge in [0.2, 0.25) is 5.91 Å². The average Bonchev–Trinajstić information content (AvgIpc) is 2.38. The summed E-state index contributed by atoms with van der Waals surface area (Å²) in [6, 6.07) is 8.13. The molecule has 1 aliphatic heterocycles. The van der Waals surface area contributed by atoms with Gasteiger partial charge in [-0.15, -0.1) is 0 Å². The number of rotatable bonds is 6. The zero-order chi connectivity index (χ0) is 14.8. The highest BCUT2D eigenvalue weighted by Crippen LogP contribution is 2.30. The molecule has 1 aromatic rings. The number of benzene rings is 1. The number of carbonyl (C=O) groups is 1. The summed E-state index contributed by atoms with van der Waals surface area (Å²) in [5.41, 5.74) is 1.23. The Kier molecular flexibility index (Phi) is 4.33. The second-order valence-corrected chi connectivity index (χ2v) is 6.04. The molecule has 0 radical (unpaired) electrons. The summed E-state index contributed by atoms with van der Waals surface area (Å²) < 4.78 is 5.43. The van der Waals surface area contributed by atoms with E-state index in [1.165, 1.54) is 5.56 Å². The third kappa shape index (κ3) is 3.31. The van der Waals surface area contributed by atoms with E-state index in [1.54, 1.807) is 0 Å². The van der Waals surface area contributed by atoms with Gasteiger partial charge in [0.1, 0.15) is 5.75 Å². The molecule has 1 fully saturated rings. The van der Waals surface area contributed by atoms with Crippen LogP contribution in [0.25, 0.3) is 0 Å². The maximum absolute atomic E-state index is 11.6. The second-order valence-electron chi connectivity index (χ2n) is 6.04. The van der Waals surface area contributed by atoms with Gasteiger partial charge >= 0.3 is 0 Å². The molecular formula is C16H24N2O2. The Morgan fingerprint density at radius 1 is 1.30 bits per heavy atom. The molecule has 0 aliphatic carbocycles. The molecule has 4 heteroatoms. The van der Waals surface area contributed by atoms with Crippen molar-refractivity contribution in [1.29, 1.82) is 0 Å². The van der Waals surface area contributed by atoms with Crippen LogP contribution in [0.1, 0.15) is 32.8 Å². The van der Waals surface area contributed by atoms with Crippen molar-refractivity contribution in [3.63, 3.8) is 0 Å². The van der Waals surface area contributed by atoms with Crippen LogP contribution >= 0.6 is 0 Å². The highest BCUT2D eigenvalue weighted by molar-refractivity contribution is 5.84. The van der Waals surface area contributed by atoms with Gasteiger partial charge in [-0.1, -0.05) is 12.1 Å². The summed E-state index contributed by atoms with van der Waals surface area (Å²) in [6.45, 7) is 8.39. The standard InChI is InChI=1S/C16H24N2O2/c1-5-20-14-8-6-13(7-9-14)11-17(4)12-18-15(19)10-16(18,2)3/h6-9H,5,10-12H2,1-4H3. The molecule has 110 valence electrons. The van der Waals surface area contributed by atoms with Crippen molar-refractivity contribution in [3.8, 4) is 5.75 Å². The fraction of sp³-hybridized carbons (Fsp3) is 0.562. The van der Waals surface area contributed by atoms with Crippen molar-refractivity contribution in [2.75, 3.05) is 20.3 Å². The molecule has 1 aromatic carbocycles. The van der Waals surface area contributed by atoms with E-state index in [0.717, 1.165) is 12.3 Å². The van der Waals surface area contributed by atoms with Crippen LogP contribution in [0.4, 0.5) is 0 Å². The van der Waals surface area contributed by atoms with E-state index < -0.39 is 0 Å². The van der Waals surface area contributed by atoms with E-state index in [1.807, 2.05) is 31.0 Å². The monoisotopic (exact) mass is 276 g/mol. The maximum atomic E-state index is 11.6. The summed E-state index contributed by atoms with van der Waals surface area (Å²) >= 11 is 0. The minimum Gasteiger partial charge on any atom is -0.494 e. The van der Waals surface area contributed by atoms with E-state index in [9.17, 15) is 4.79 Å². The van der Waals surface area contributed by atoms with Crippen molar-refractivity contribution in [3.05, 3.63) is 29.8 Å². The summed E-state index contributed by atoms with van der Waals surface area (Å²) in [4.78, 5) is 15.7. The van der Waals surface area contributed by atoms with E-state index >= 15 is 0 Å². The minimum atomic E-state index is 0.00413. The molecule has 0 atom stereocenters. The molecular weight excluding hydrogens is 252 g/mol. The fourth-order valence-corrected chi connectivity index (χ4v) is 2.54. The summed E-state index contributed by atoms with van der Waals surface area (Å²) in [6.07, 6.45) is 0.657. The SMILES string of the molecule is CCOc1ccc(CN(C)CN2C(=O)CC2(C)C)cc1. The number of hydrogen-bond acceptors (Lipinski definition) is 3. The number of ether oxygens (including phenoxy) is 1. The Balaban J connectivity index is 1.88. The van der Waals surface area contributed by atoms with Gasteiger partial charge in [-0.2, -0.15) is 0 Å². The molecule has 1 amide bonds. The van der Waals surface area contributed by atoms with Crippen LogP contribution < -0.4 is 4.74 Å². The molecule has 1 saturated heterocycles. The van der Waals surface area contributed by atoms with E-state index in [4.69, 9.17) is 4.74 Å². The predicted octanol–water partition coefficient (Wildman–Crippen LogP) is 2.49. The normalized spacial score (nSPS) is 17.2. The Morgan fingerprint density at radius 2 is 1.95 bits per heavy atom. The third-order valence-corrected chi connectivity index (χ3v) is 3.69. The lowest BCUT2D eigenvalue weighted by atomic mass is 9.89. The second kappa shape index (κ2) is 5.83. The van der Waals surface area contributed by atoms with Gasteiger partial charge in [0.05, 0.1) is 13.3 Å².